The van der Waals surface area contributed by atoms with Crippen molar-refractivity contribution in [1.82, 2.24) is 0 Å². The highest BCUT2D eigenvalue weighted by molar-refractivity contribution is 5.77. The molecule has 3 heteroatoms. The van der Waals surface area contributed by atoms with Gasteiger partial charge in [-0.15, -0.1) is 0 Å². The third-order valence-corrected chi connectivity index (χ3v) is 2.80. The van der Waals surface area contributed by atoms with Crippen LogP contribution in [-0.2, 0) is 17.9 Å². The van der Waals surface area contributed by atoms with E-state index in [4.69, 9.17) is 5.73 Å². The summed E-state index contributed by atoms with van der Waals surface area (Å²) in [6.07, 6.45) is 1.97. The summed E-state index contributed by atoms with van der Waals surface area (Å²) < 4.78 is 0. The van der Waals surface area contributed by atoms with Crippen LogP contribution in [-0.4, -0.2) is 6.41 Å². The molecule has 2 aromatic carbocycles. The number of nitrogens with zero attached hydrogens (tertiary/aromatic N) is 1. The molecule has 0 aliphatic rings. The fourth-order valence-corrected chi connectivity index (χ4v) is 1.88. The van der Waals surface area contributed by atoms with Crippen molar-refractivity contribution in [3.8, 4) is 0 Å². The lowest BCUT2D eigenvalue weighted by molar-refractivity contribution is 0.550. The number of hydrogen-bond acceptors (Lipinski definition) is 2. The molecule has 91 valence electrons. The van der Waals surface area contributed by atoms with Crippen LogP contribution >= 0.6 is 0 Å². The molecule has 0 spiro atoms. The average molecular weight is 239 g/mol. The number of nitrogens with two attached hydrogens (primary N) is 1. The Morgan fingerprint density at radius 2 is 1.67 bits per heavy atom. The van der Waals surface area contributed by atoms with E-state index in [9.17, 15) is 4.79 Å². The summed E-state index contributed by atoms with van der Waals surface area (Å²) in [5, 5.41) is 0. The fourth-order valence-electron chi connectivity index (χ4n) is 1.88. The van der Waals surface area contributed by atoms with Gasteiger partial charge in [-0.1, -0.05) is 48.5 Å². The van der Waals surface area contributed by atoms with Crippen molar-refractivity contribution in [3.05, 3.63) is 65.7 Å². The second-order valence-electron chi connectivity index (χ2n) is 4.00. The minimum atomic E-state index is 0.406. The lowest BCUT2D eigenvalue weighted by atomic mass is 10.1. The SMILES string of the molecule is NCc1ccccc1N([C]=O)Cc1ccccc1. The van der Waals surface area contributed by atoms with Gasteiger partial charge >= 0.3 is 6.41 Å². The second kappa shape index (κ2) is 5.98. The van der Waals surface area contributed by atoms with Gasteiger partial charge < -0.3 is 5.73 Å². The first-order valence-electron chi connectivity index (χ1n) is 5.82. The molecular weight excluding hydrogens is 224 g/mol. The van der Waals surface area contributed by atoms with Gasteiger partial charge in [0.05, 0.1) is 6.54 Å². The Bertz CT molecular complexity index is 511. The van der Waals surface area contributed by atoms with Crippen LogP contribution < -0.4 is 10.6 Å². The van der Waals surface area contributed by atoms with Crippen molar-refractivity contribution in [2.75, 3.05) is 4.90 Å². The maximum Gasteiger partial charge on any atom is 0.317 e. The smallest absolute Gasteiger partial charge is 0.317 e. The average Bonchev–Trinajstić information content (AvgIpc) is 2.46. The van der Waals surface area contributed by atoms with Gasteiger partial charge in [0.15, 0.2) is 0 Å². The number of rotatable bonds is 5. The summed E-state index contributed by atoms with van der Waals surface area (Å²) in [5.74, 6) is 0. The first kappa shape index (κ1) is 12.3. The number of hydrogen-bond donors (Lipinski definition) is 1. The Labute approximate surface area is 107 Å². The summed E-state index contributed by atoms with van der Waals surface area (Å²) in [6.45, 7) is 0.907. The third kappa shape index (κ3) is 2.76. The van der Waals surface area contributed by atoms with E-state index in [-0.39, 0.29) is 0 Å². The first-order valence-corrected chi connectivity index (χ1v) is 5.82. The molecule has 0 unspecified atom stereocenters. The molecule has 18 heavy (non-hydrogen) atoms. The molecule has 2 rings (SSSR count). The minimum absolute atomic E-state index is 0.406. The van der Waals surface area contributed by atoms with Crippen LogP contribution in [0.2, 0.25) is 0 Å². The molecule has 0 saturated carbocycles. The zero-order valence-electron chi connectivity index (χ0n) is 10.0. The molecule has 0 aliphatic heterocycles. The molecule has 1 radical (unpaired) electrons. The highest BCUT2D eigenvalue weighted by Crippen LogP contribution is 2.20. The fraction of sp³-hybridized carbons (Fsp3) is 0.133. The topological polar surface area (TPSA) is 46.3 Å². The van der Waals surface area contributed by atoms with Crippen LogP contribution in [0.15, 0.2) is 54.6 Å². The van der Waals surface area contributed by atoms with Crippen LogP contribution in [0.25, 0.3) is 0 Å². The molecule has 3 nitrogen and oxygen atoms in total. The quantitative estimate of drug-likeness (QED) is 0.813. The molecule has 0 aliphatic carbocycles. The van der Waals surface area contributed by atoms with Crippen molar-refractivity contribution in [2.24, 2.45) is 5.73 Å². The van der Waals surface area contributed by atoms with E-state index in [1.165, 1.54) is 0 Å². The summed E-state index contributed by atoms with van der Waals surface area (Å²) in [7, 11) is 0. The van der Waals surface area contributed by atoms with Gasteiger partial charge in [-0.2, -0.15) is 0 Å². The largest absolute Gasteiger partial charge is 0.326 e. The normalized spacial score (nSPS) is 10.1. The lowest BCUT2D eigenvalue weighted by Crippen LogP contribution is -2.22. The van der Waals surface area contributed by atoms with E-state index in [0.29, 0.717) is 13.1 Å². The Morgan fingerprint density at radius 1 is 1.00 bits per heavy atom. The first-order chi connectivity index (χ1) is 8.85. The van der Waals surface area contributed by atoms with Crippen molar-refractivity contribution in [2.45, 2.75) is 13.1 Å². The number of amides is 1. The molecule has 2 aromatic rings. The minimum Gasteiger partial charge on any atom is -0.326 e. The zero-order chi connectivity index (χ0) is 12.8. The van der Waals surface area contributed by atoms with Crippen LogP contribution in [0, 0.1) is 0 Å². The van der Waals surface area contributed by atoms with Crippen molar-refractivity contribution in [1.29, 1.82) is 0 Å². The molecular formula is C15H15N2O. The van der Waals surface area contributed by atoms with E-state index >= 15 is 0 Å². The van der Waals surface area contributed by atoms with Gasteiger partial charge in [0.25, 0.3) is 0 Å². The maximum absolute atomic E-state index is 11.1. The van der Waals surface area contributed by atoms with E-state index in [2.05, 4.69) is 0 Å². The van der Waals surface area contributed by atoms with E-state index in [1.54, 1.807) is 4.90 Å². The predicted molar refractivity (Wildman–Crippen MR) is 72.7 cm³/mol. The van der Waals surface area contributed by atoms with Crippen molar-refractivity contribution < 1.29 is 4.79 Å². The molecule has 0 bridgehead atoms. The van der Waals surface area contributed by atoms with Gasteiger partial charge in [-0.25, -0.2) is 0 Å². The molecule has 0 atom stereocenters. The summed E-state index contributed by atoms with van der Waals surface area (Å²) >= 11 is 0. The number of benzene rings is 2. The monoisotopic (exact) mass is 239 g/mol. The molecule has 2 N–H and O–H groups in total. The Hall–Kier alpha value is -2.13. The highest BCUT2D eigenvalue weighted by atomic mass is 16.1. The number of carbonyl (C=O) groups excluding carboxylic acids is 1. The molecule has 0 heterocycles. The van der Waals surface area contributed by atoms with Gasteiger partial charge in [0.1, 0.15) is 0 Å². The second-order valence-corrected chi connectivity index (χ2v) is 4.00. The summed E-state index contributed by atoms with van der Waals surface area (Å²) in [5.41, 5.74) is 8.50. The van der Waals surface area contributed by atoms with Gasteiger partial charge in [0, 0.05) is 12.2 Å². The summed E-state index contributed by atoms with van der Waals surface area (Å²) in [4.78, 5) is 12.7. The van der Waals surface area contributed by atoms with Gasteiger partial charge in [-0.05, 0) is 17.2 Å². The van der Waals surface area contributed by atoms with E-state index in [1.807, 2.05) is 61.0 Å². The van der Waals surface area contributed by atoms with E-state index < -0.39 is 0 Å². The van der Waals surface area contributed by atoms with Crippen molar-refractivity contribution >= 4 is 12.1 Å². The van der Waals surface area contributed by atoms with Crippen LogP contribution in [0.1, 0.15) is 11.1 Å². The molecule has 1 amide bonds. The lowest BCUT2D eigenvalue weighted by Gasteiger charge is -2.19. The maximum atomic E-state index is 11.1. The van der Waals surface area contributed by atoms with Gasteiger partial charge in [0.2, 0.25) is 0 Å². The standard InChI is InChI=1S/C15H15N2O/c16-10-14-8-4-5-9-15(14)17(12-18)11-13-6-2-1-3-7-13/h1-9H,10-11,16H2. The highest BCUT2D eigenvalue weighted by Gasteiger charge is 2.10. The zero-order valence-corrected chi connectivity index (χ0v) is 10.0. The number of anilines is 1. The van der Waals surface area contributed by atoms with Crippen LogP contribution in [0.5, 0.6) is 0 Å². The Morgan fingerprint density at radius 3 is 2.33 bits per heavy atom. The Kier molecular flexibility index (Phi) is 4.10. The van der Waals surface area contributed by atoms with Crippen LogP contribution in [0.4, 0.5) is 5.69 Å². The van der Waals surface area contributed by atoms with Crippen LogP contribution in [0.3, 0.4) is 0 Å². The number of para-hydroxylation sites is 1. The molecule has 0 aromatic heterocycles. The Balaban J connectivity index is 2.26. The molecule has 0 saturated heterocycles. The predicted octanol–water partition coefficient (Wildman–Crippen LogP) is 2.22. The van der Waals surface area contributed by atoms with E-state index in [0.717, 1.165) is 16.8 Å². The molecule has 0 fully saturated rings. The summed E-state index contributed by atoms with van der Waals surface area (Å²) in [6, 6.07) is 17.4. The van der Waals surface area contributed by atoms with Crippen molar-refractivity contribution in [3.63, 3.8) is 0 Å². The van der Waals surface area contributed by atoms with Gasteiger partial charge in [-0.3, -0.25) is 9.69 Å². The third-order valence-electron chi connectivity index (χ3n) is 2.80.